The Morgan fingerprint density at radius 1 is 1.12 bits per heavy atom. The van der Waals surface area contributed by atoms with Crippen molar-refractivity contribution in [1.29, 1.82) is 0 Å². The van der Waals surface area contributed by atoms with Crippen LogP contribution in [0.3, 0.4) is 0 Å². The minimum atomic E-state index is 0.0300. The molecular weight excluding hydrogens is 324 g/mol. The van der Waals surface area contributed by atoms with Crippen molar-refractivity contribution in [2.45, 2.75) is 45.1 Å². The number of pyridine rings is 1. The van der Waals surface area contributed by atoms with Crippen molar-refractivity contribution in [2.75, 3.05) is 6.54 Å². The van der Waals surface area contributed by atoms with Gasteiger partial charge >= 0.3 is 0 Å². The predicted octanol–water partition coefficient (Wildman–Crippen LogP) is 3.59. The standard InChI is InChI=1S/C21H24N4O/c1-2-16-8-10-17(11-9-16)12-13-20(26)24-15-5-6-18(24)21-23-22-19-7-3-4-14-25(19)21/h3-4,7-11,14,18H,2,5-6,12-13,15H2,1H3. The molecule has 1 unspecified atom stereocenters. The summed E-state index contributed by atoms with van der Waals surface area (Å²) in [5.74, 6) is 1.08. The van der Waals surface area contributed by atoms with Gasteiger partial charge in [-0.3, -0.25) is 9.20 Å². The summed E-state index contributed by atoms with van der Waals surface area (Å²) in [6.07, 6.45) is 6.31. The Morgan fingerprint density at radius 2 is 1.92 bits per heavy atom. The minimum absolute atomic E-state index is 0.0300. The van der Waals surface area contributed by atoms with Crippen LogP contribution in [-0.2, 0) is 17.6 Å². The van der Waals surface area contributed by atoms with E-state index in [9.17, 15) is 4.79 Å². The average molecular weight is 348 g/mol. The summed E-state index contributed by atoms with van der Waals surface area (Å²) in [6.45, 7) is 2.96. The third-order valence-corrected chi connectivity index (χ3v) is 5.27. The molecule has 1 fully saturated rings. The Hall–Kier alpha value is -2.69. The molecule has 0 saturated carbocycles. The summed E-state index contributed by atoms with van der Waals surface area (Å²) >= 11 is 0. The van der Waals surface area contributed by atoms with Gasteiger partial charge in [-0.05, 0) is 48.9 Å². The highest BCUT2D eigenvalue weighted by Gasteiger charge is 2.32. The number of fused-ring (bicyclic) bond motifs is 1. The zero-order valence-corrected chi connectivity index (χ0v) is 15.1. The molecular formula is C21H24N4O. The average Bonchev–Trinajstić information content (AvgIpc) is 3.33. The van der Waals surface area contributed by atoms with Crippen LogP contribution in [0.4, 0.5) is 0 Å². The molecule has 0 spiro atoms. The number of aryl methyl sites for hydroxylation is 2. The number of aromatic nitrogens is 3. The first-order valence-electron chi connectivity index (χ1n) is 9.43. The lowest BCUT2D eigenvalue weighted by atomic mass is 10.1. The Morgan fingerprint density at radius 3 is 2.73 bits per heavy atom. The van der Waals surface area contributed by atoms with E-state index in [0.717, 1.165) is 43.7 Å². The smallest absolute Gasteiger partial charge is 0.223 e. The number of carbonyl (C=O) groups excluding carboxylic acids is 1. The number of hydrogen-bond donors (Lipinski definition) is 0. The fraction of sp³-hybridized carbons (Fsp3) is 0.381. The fourth-order valence-electron chi connectivity index (χ4n) is 3.76. The molecule has 5 nitrogen and oxygen atoms in total. The maximum Gasteiger partial charge on any atom is 0.223 e. The lowest BCUT2D eigenvalue weighted by Gasteiger charge is -2.23. The van der Waals surface area contributed by atoms with Gasteiger partial charge in [-0.2, -0.15) is 0 Å². The van der Waals surface area contributed by atoms with Gasteiger partial charge < -0.3 is 4.90 Å². The monoisotopic (exact) mass is 348 g/mol. The van der Waals surface area contributed by atoms with Gasteiger partial charge in [-0.1, -0.05) is 37.3 Å². The molecule has 134 valence electrons. The van der Waals surface area contributed by atoms with E-state index in [4.69, 9.17) is 0 Å². The van der Waals surface area contributed by atoms with E-state index in [-0.39, 0.29) is 11.9 Å². The Balaban J connectivity index is 1.46. The normalized spacial score (nSPS) is 17.1. The molecule has 1 aliphatic heterocycles. The SMILES string of the molecule is CCc1ccc(CCC(=O)N2CCCC2c2nnc3ccccn23)cc1. The predicted molar refractivity (Wildman–Crippen MR) is 101 cm³/mol. The molecule has 1 atom stereocenters. The van der Waals surface area contributed by atoms with Crippen LogP contribution >= 0.6 is 0 Å². The molecule has 4 rings (SSSR count). The summed E-state index contributed by atoms with van der Waals surface area (Å²) in [7, 11) is 0. The lowest BCUT2D eigenvalue weighted by Crippen LogP contribution is -2.31. The van der Waals surface area contributed by atoms with Gasteiger partial charge in [-0.15, -0.1) is 10.2 Å². The molecule has 0 radical (unpaired) electrons. The largest absolute Gasteiger partial charge is 0.332 e. The first kappa shape index (κ1) is 16.8. The van der Waals surface area contributed by atoms with E-state index in [2.05, 4.69) is 41.4 Å². The van der Waals surface area contributed by atoms with E-state index in [1.165, 1.54) is 11.1 Å². The highest BCUT2D eigenvalue weighted by atomic mass is 16.2. The second-order valence-corrected chi connectivity index (χ2v) is 6.90. The maximum absolute atomic E-state index is 12.9. The molecule has 3 heterocycles. The first-order chi connectivity index (χ1) is 12.8. The number of hydrogen-bond acceptors (Lipinski definition) is 3. The van der Waals surface area contributed by atoms with Crippen LogP contribution in [-0.4, -0.2) is 31.9 Å². The van der Waals surface area contributed by atoms with E-state index < -0.39 is 0 Å². The van der Waals surface area contributed by atoms with Gasteiger partial charge in [0, 0.05) is 19.2 Å². The van der Waals surface area contributed by atoms with Crippen molar-refractivity contribution >= 4 is 11.6 Å². The van der Waals surface area contributed by atoms with Crippen molar-refractivity contribution in [3.63, 3.8) is 0 Å². The van der Waals surface area contributed by atoms with Crippen LogP contribution in [0.2, 0.25) is 0 Å². The summed E-state index contributed by atoms with van der Waals surface area (Å²) in [6, 6.07) is 14.5. The van der Waals surface area contributed by atoms with Gasteiger partial charge in [-0.25, -0.2) is 0 Å². The second kappa shape index (κ2) is 7.28. The number of carbonyl (C=O) groups is 1. The number of likely N-dealkylation sites (tertiary alicyclic amines) is 1. The minimum Gasteiger partial charge on any atom is -0.332 e. The third-order valence-electron chi connectivity index (χ3n) is 5.27. The van der Waals surface area contributed by atoms with E-state index in [0.29, 0.717) is 6.42 Å². The Bertz CT molecular complexity index is 900. The van der Waals surface area contributed by atoms with E-state index in [1.54, 1.807) is 0 Å². The second-order valence-electron chi connectivity index (χ2n) is 6.90. The van der Waals surface area contributed by atoms with Crippen LogP contribution in [0, 0.1) is 0 Å². The van der Waals surface area contributed by atoms with Crippen molar-refractivity contribution in [1.82, 2.24) is 19.5 Å². The molecule has 0 N–H and O–H groups in total. The molecule has 3 aromatic rings. The first-order valence-corrected chi connectivity index (χ1v) is 9.43. The summed E-state index contributed by atoms with van der Waals surface area (Å²) in [5.41, 5.74) is 3.38. The van der Waals surface area contributed by atoms with Gasteiger partial charge in [0.05, 0.1) is 6.04 Å². The maximum atomic E-state index is 12.9. The van der Waals surface area contributed by atoms with Crippen LogP contribution in [0.5, 0.6) is 0 Å². The van der Waals surface area contributed by atoms with Gasteiger partial charge in [0.1, 0.15) is 0 Å². The molecule has 0 aliphatic carbocycles. The number of rotatable bonds is 5. The van der Waals surface area contributed by atoms with Crippen LogP contribution < -0.4 is 0 Å². The lowest BCUT2D eigenvalue weighted by molar-refractivity contribution is -0.132. The highest BCUT2D eigenvalue weighted by Crippen LogP contribution is 2.31. The zero-order valence-electron chi connectivity index (χ0n) is 15.1. The van der Waals surface area contributed by atoms with Crippen LogP contribution in [0.25, 0.3) is 5.65 Å². The van der Waals surface area contributed by atoms with Crippen LogP contribution in [0.15, 0.2) is 48.7 Å². The van der Waals surface area contributed by atoms with Crippen molar-refractivity contribution < 1.29 is 4.79 Å². The molecule has 26 heavy (non-hydrogen) atoms. The molecule has 5 heteroatoms. The Kier molecular flexibility index (Phi) is 4.69. The summed E-state index contributed by atoms with van der Waals surface area (Å²) in [5, 5.41) is 8.61. The van der Waals surface area contributed by atoms with Crippen molar-refractivity contribution in [2.24, 2.45) is 0 Å². The van der Waals surface area contributed by atoms with Gasteiger partial charge in [0.15, 0.2) is 11.5 Å². The zero-order chi connectivity index (χ0) is 17.9. The van der Waals surface area contributed by atoms with E-state index >= 15 is 0 Å². The van der Waals surface area contributed by atoms with Crippen molar-refractivity contribution in [3.05, 3.63) is 65.6 Å². The summed E-state index contributed by atoms with van der Waals surface area (Å²) < 4.78 is 2.00. The molecule has 1 aromatic carbocycles. The number of benzene rings is 1. The highest BCUT2D eigenvalue weighted by molar-refractivity contribution is 5.77. The van der Waals surface area contributed by atoms with E-state index in [1.807, 2.05) is 33.7 Å². The molecule has 2 aromatic heterocycles. The third kappa shape index (κ3) is 3.21. The molecule has 1 aliphatic rings. The van der Waals surface area contributed by atoms with Crippen LogP contribution in [0.1, 0.15) is 49.2 Å². The fourth-order valence-corrected chi connectivity index (χ4v) is 3.76. The summed E-state index contributed by atoms with van der Waals surface area (Å²) in [4.78, 5) is 14.8. The number of amides is 1. The van der Waals surface area contributed by atoms with Gasteiger partial charge in [0.25, 0.3) is 0 Å². The molecule has 1 saturated heterocycles. The van der Waals surface area contributed by atoms with Crippen molar-refractivity contribution in [3.8, 4) is 0 Å². The number of nitrogens with zero attached hydrogens (tertiary/aromatic N) is 4. The topological polar surface area (TPSA) is 50.5 Å². The quantitative estimate of drug-likeness (QED) is 0.708. The molecule has 0 bridgehead atoms. The Labute approximate surface area is 153 Å². The van der Waals surface area contributed by atoms with Gasteiger partial charge in [0.2, 0.25) is 5.91 Å². The molecule has 1 amide bonds.